The third kappa shape index (κ3) is 7.72. The number of amides is 1. The van der Waals surface area contributed by atoms with Gasteiger partial charge in [-0.2, -0.15) is 13.2 Å². The fraction of sp³-hybridized carbons (Fsp3) is 0.464. The summed E-state index contributed by atoms with van der Waals surface area (Å²) < 4.78 is 54.9. The highest BCUT2D eigenvalue weighted by Crippen LogP contribution is 2.31. The van der Waals surface area contributed by atoms with Crippen LogP contribution in [0, 0.1) is 0 Å². The molecule has 1 saturated heterocycles. The minimum absolute atomic E-state index is 0.0452. The van der Waals surface area contributed by atoms with Crippen molar-refractivity contribution in [3.63, 3.8) is 0 Å². The molecule has 1 aliphatic rings. The molecule has 38 heavy (non-hydrogen) atoms. The number of hydrogen-bond donors (Lipinski definition) is 0. The highest BCUT2D eigenvalue weighted by Gasteiger charge is 2.45. The summed E-state index contributed by atoms with van der Waals surface area (Å²) >= 11 is 0. The van der Waals surface area contributed by atoms with Crippen molar-refractivity contribution < 1.29 is 41.8 Å². The standard InChI is InChI=1S/C28H32F3NO6/c1-26(2,3)37-24(34)22-15-21(16-32(22)25(35)38-27(4,5)6)36-23(33)19-9-7-17(8-10-19)18-11-13-20(14-12-18)28(29,30)31/h7-14,21-22H,15-16H2,1-6H3/t21-,22-/m0/s1. The molecule has 0 aromatic heterocycles. The van der Waals surface area contributed by atoms with Crippen LogP contribution in [0.2, 0.25) is 0 Å². The van der Waals surface area contributed by atoms with Crippen molar-refractivity contribution in [2.75, 3.05) is 6.54 Å². The normalized spacial score (nSPS) is 18.2. The predicted octanol–water partition coefficient (Wildman–Crippen LogP) is 6.25. The highest BCUT2D eigenvalue weighted by atomic mass is 19.4. The minimum Gasteiger partial charge on any atom is -0.458 e. The largest absolute Gasteiger partial charge is 0.458 e. The van der Waals surface area contributed by atoms with Gasteiger partial charge in [-0.05, 0) is 76.9 Å². The molecule has 0 bridgehead atoms. The van der Waals surface area contributed by atoms with E-state index in [9.17, 15) is 27.6 Å². The first-order valence-corrected chi connectivity index (χ1v) is 12.1. The van der Waals surface area contributed by atoms with Crippen LogP contribution in [0.1, 0.15) is 63.9 Å². The summed E-state index contributed by atoms with van der Waals surface area (Å²) in [7, 11) is 0. The highest BCUT2D eigenvalue weighted by molar-refractivity contribution is 5.90. The van der Waals surface area contributed by atoms with Crippen LogP contribution in [0.25, 0.3) is 11.1 Å². The Kier molecular flexibility index (Phi) is 8.14. The van der Waals surface area contributed by atoms with Crippen molar-refractivity contribution in [3.05, 3.63) is 59.7 Å². The van der Waals surface area contributed by atoms with Gasteiger partial charge in [-0.25, -0.2) is 14.4 Å². The molecule has 1 fully saturated rings. The monoisotopic (exact) mass is 535 g/mol. The Morgan fingerprint density at radius 1 is 0.789 bits per heavy atom. The summed E-state index contributed by atoms with van der Waals surface area (Å²) in [5.41, 5.74) is -0.924. The number of hydrogen-bond acceptors (Lipinski definition) is 6. The van der Waals surface area contributed by atoms with Gasteiger partial charge in [0.25, 0.3) is 0 Å². The molecule has 0 saturated carbocycles. The van der Waals surface area contributed by atoms with Crippen LogP contribution in [0.5, 0.6) is 0 Å². The molecule has 0 N–H and O–H groups in total. The SMILES string of the molecule is CC(C)(C)OC(=O)[C@@H]1C[C@H](OC(=O)c2ccc(-c3ccc(C(F)(F)F)cc3)cc2)CN1C(=O)OC(C)(C)C. The molecular weight excluding hydrogens is 503 g/mol. The molecule has 0 radical (unpaired) electrons. The van der Waals surface area contributed by atoms with Crippen LogP contribution >= 0.6 is 0 Å². The lowest BCUT2D eigenvalue weighted by Crippen LogP contribution is -2.45. The smallest absolute Gasteiger partial charge is 0.416 e. The van der Waals surface area contributed by atoms with E-state index in [4.69, 9.17) is 14.2 Å². The van der Waals surface area contributed by atoms with Gasteiger partial charge in [-0.15, -0.1) is 0 Å². The number of benzene rings is 2. The second-order valence-electron chi connectivity index (χ2n) is 11.1. The topological polar surface area (TPSA) is 82.1 Å². The molecule has 2 aromatic carbocycles. The van der Waals surface area contributed by atoms with Gasteiger partial charge in [0.15, 0.2) is 0 Å². The molecule has 3 rings (SSSR count). The van der Waals surface area contributed by atoms with Gasteiger partial charge >= 0.3 is 24.2 Å². The second kappa shape index (κ2) is 10.7. The lowest BCUT2D eigenvalue weighted by atomic mass is 10.0. The fourth-order valence-corrected chi connectivity index (χ4v) is 3.87. The van der Waals surface area contributed by atoms with Gasteiger partial charge in [0.05, 0.1) is 17.7 Å². The maximum Gasteiger partial charge on any atom is 0.416 e. The van der Waals surface area contributed by atoms with Gasteiger partial charge in [0.1, 0.15) is 23.3 Å². The van der Waals surface area contributed by atoms with E-state index in [1.165, 1.54) is 29.2 Å². The Bertz CT molecular complexity index is 1130. The number of ether oxygens (including phenoxy) is 3. The van der Waals surface area contributed by atoms with Crippen molar-refractivity contribution in [1.82, 2.24) is 4.90 Å². The van der Waals surface area contributed by atoms with E-state index in [-0.39, 0.29) is 18.5 Å². The fourth-order valence-electron chi connectivity index (χ4n) is 3.87. The van der Waals surface area contributed by atoms with Crippen LogP contribution in [0.4, 0.5) is 18.0 Å². The summed E-state index contributed by atoms with van der Waals surface area (Å²) in [6.07, 6.45) is -5.87. The number of likely N-dealkylation sites (tertiary alicyclic amines) is 1. The lowest BCUT2D eigenvalue weighted by molar-refractivity contribution is -0.160. The summed E-state index contributed by atoms with van der Waals surface area (Å²) in [6.45, 7) is 10.2. The van der Waals surface area contributed by atoms with Gasteiger partial charge in [-0.3, -0.25) is 4.90 Å². The van der Waals surface area contributed by atoms with Crippen LogP contribution in [-0.2, 0) is 25.2 Å². The molecule has 206 valence electrons. The zero-order valence-corrected chi connectivity index (χ0v) is 22.2. The number of rotatable bonds is 4. The molecule has 0 spiro atoms. The molecule has 1 amide bonds. The Balaban J connectivity index is 1.71. The zero-order chi connectivity index (χ0) is 28.5. The van der Waals surface area contributed by atoms with Gasteiger partial charge < -0.3 is 14.2 Å². The maximum atomic E-state index is 12.8. The number of carbonyl (C=O) groups is 3. The Morgan fingerprint density at radius 2 is 1.29 bits per heavy atom. The second-order valence-corrected chi connectivity index (χ2v) is 11.1. The molecule has 1 heterocycles. The Morgan fingerprint density at radius 3 is 1.76 bits per heavy atom. The summed E-state index contributed by atoms with van der Waals surface area (Å²) in [4.78, 5) is 39.6. The molecule has 1 aliphatic heterocycles. The number of esters is 2. The van der Waals surface area contributed by atoms with Crippen molar-refractivity contribution in [3.8, 4) is 11.1 Å². The average molecular weight is 536 g/mol. The third-order valence-corrected chi connectivity index (χ3v) is 5.51. The Hall–Kier alpha value is -3.56. The summed E-state index contributed by atoms with van der Waals surface area (Å²) in [5, 5.41) is 0. The van der Waals surface area contributed by atoms with E-state index in [1.807, 2.05) is 0 Å². The van der Waals surface area contributed by atoms with E-state index in [0.717, 1.165) is 12.1 Å². The molecule has 2 aromatic rings. The van der Waals surface area contributed by atoms with Crippen molar-refractivity contribution in [2.24, 2.45) is 0 Å². The van der Waals surface area contributed by atoms with Crippen molar-refractivity contribution in [2.45, 2.75) is 77.5 Å². The van der Waals surface area contributed by atoms with Crippen LogP contribution in [-0.4, -0.2) is 52.8 Å². The molecular formula is C28H32F3NO6. The van der Waals surface area contributed by atoms with Crippen molar-refractivity contribution in [1.29, 1.82) is 0 Å². The predicted molar refractivity (Wildman–Crippen MR) is 133 cm³/mol. The molecule has 7 nitrogen and oxygen atoms in total. The minimum atomic E-state index is -4.42. The van der Waals surface area contributed by atoms with Crippen molar-refractivity contribution >= 4 is 18.0 Å². The first-order chi connectivity index (χ1) is 17.4. The first-order valence-electron chi connectivity index (χ1n) is 12.1. The van der Waals surface area contributed by atoms with E-state index < -0.39 is 53.1 Å². The van der Waals surface area contributed by atoms with E-state index in [2.05, 4.69) is 0 Å². The van der Waals surface area contributed by atoms with Gasteiger partial charge in [0, 0.05) is 6.42 Å². The van der Waals surface area contributed by atoms with Gasteiger partial charge in [0.2, 0.25) is 0 Å². The number of carbonyl (C=O) groups excluding carboxylic acids is 3. The molecule has 2 atom stereocenters. The lowest BCUT2D eigenvalue weighted by Gasteiger charge is -2.29. The molecule has 0 unspecified atom stereocenters. The number of nitrogens with zero attached hydrogens (tertiary/aromatic N) is 1. The molecule has 10 heteroatoms. The maximum absolute atomic E-state index is 12.8. The number of alkyl halides is 3. The quantitative estimate of drug-likeness (QED) is 0.340. The summed E-state index contributed by atoms with van der Waals surface area (Å²) in [6, 6.07) is 9.93. The Labute approximate surface area is 219 Å². The zero-order valence-electron chi connectivity index (χ0n) is 22.2. The van der Waals surface area contributed by atoms with E-state index in [1.54, 1.807) is 53.7 Å². The van der Waals surface area contributed by atoms with E-state index in [0.29, 0.717) is 11.1 Å². The number of halogens is 3. The summed E-state index contributed by atoms with van der Waals surface area (Å²) in [5.74, 6) is -1.29. The average Bonchev–Trinajstić information content (AvgIpc) is 3.21. The van der Waals surface area contributed by atoms with Crippen LogP contribution < -0.4 is 0 Å². The van der Waals surface area contributed by atoms with Crippen LogP contribution in [0.15, 0.2) is 48.5 Å². The first kappa shape index (κ1) is 29.0. The van der Waals surface area contributed by atoms with Gasteiger partial charge in [-0.1, -0.05) is 24.3 Å². The molecule has 0 aliphatic carbocycles. The van der Waals surface area contributed by atoms with Crippen LogP contribution in [0.3, 0.4) is 0 Å². The van der Waals surface area contributed by atoms with E-state index >= 15 is 0 Å². The third-order valence-electron chi connectivity index (χ3n) is 5.51.